The van der Waals surface area contributed by atoms with Gasteiger partial charge < -0.3 is 10.5 Å². The first-order chi connectivity index (χ1) is 9.47. The molecule has 0 unspecified atom stereocenters. The smallest absolute Gasteiger partial charge is 0.123 e. The molecule has 5 heteroatoms. The highest BCUT2D eigenvalue weighted by Gasteiger charge is 2.08. The van der Waals surface area contributed by atoms with E-state index in [0.29, 0.717) is 16.3 Å². The predicted octanol–water partition coefficient (Wildman–Crippen LogP) is 4.00. The lowest BCUT2D eigenvalue weighted by atomic mass is 10.1. The summed E-state index contributed by atoms with van der Waals surface area (Å²) in [6.45, 7) is 2.15. The molecule has 0 aliphatic carbocycles. The van der Waals surface area contributed by atoms with Crippen molar-refractivity contribution in [3.8, 4) is 5.75 Å². The molecule has 0 spiro atoms. The van der Waals surface area contributed by atoms with Gasteiger partial charge in [0.15, 0.2) is 0 Å². The zero-order valence-corrected chi connectivity index (χ0v) is 12.4. The summed E-state index contributed by atoms with van der Waals surface area (Å²) in [5.41, 5.74) is 7.75. The third-order valence-corrected chi connectivity index (χ3v) is 3.51. The molecule has 0 radical (unpaired) electrons. The maximum atomic E-state index is 13.2. The van der Waals surface area contributed by atoms with Gasteiger partial charge in [-0.1, -0.05) is 29.9 Å². The summed E-state index contributed by atoms with van der Waals surface area (Å²) in [6.07, 6.45) is 0. The van der Waals surface area contributed by atoms with Gasteiger partial charge >= 0.3 is 0 Å². The molecule has 2 aromatic carbocycles. The molecule has 0 amide bonds. The van der Waals surface area contributed by atoms with Crippen LogP contribution in [0.3, 0.4) is 0 Å². The summed E-state index contributed by atoms with van der Waals surface area (Å²) in [7, 11) is 0. The lowest BCUT2D eigenvalue weighted by Crippen LogP contribution is -2.14. The SMILES string of the molecule is Cc1cc(OCc2ccc(F)cc2C(N)=S)ccc1Cl. The van der Waals surface area contributed by atoms with Crippen molar-refractivity contribution >= 4 is 28.8 Å². The number of benzene rings is 2. The molecule has 0 heterocycles. The van der Waals surface area contributed by atoms with E-state index in [1.54, 1.807) is 18.2 Å². The van der Waals surface area contributed by atoms with Gasteiger partial charge in [0.1, 0.15) is 23.2 Å². The molecule has 20 heavy (non-hydrogen) atoms. The van der Waals surface area contributed by atoms with Crippen molar-refractivity contribution in [1.82, 2.24) is 0 Å². The summed E-state index contributed by atoms with van der Waals surface area (Å²) in [5, 5.41) is 0.683. The fraction of sp³-hybridized carbons (Fsp3) is 0.133. The molecule has 0 aliphatic rings. The van der Waals surface area contributed by atoms with Gasteiger partial charge in [0.25, 0.3) is 0 Å². The minimum Gasteiger partial charge on any atom is -0.489 e. The van der Waals surface area contributed by atoms with Crippen LogP contribution < -0.4 is 10.5 Å². The van der Waals surface area contributed by atoms with Crippen LogP contribution in [0.15, 0.2) is 36.4 Å². The molecule has 0 atom stereocenters. The zero-order valence-electron chi connectivity index (χ0n) is 10.8. The monoisotopic (exact) mass is 309 g/mol. The lowest BCUT2D eigenvalue weighted by molar-refractivity contribution is 0.305. The van der Waals surface area contributed by atoms with Gasteiger partial charge in [-0.05, 0) is 48.4 Å². The summed E-state index contributed by atoms with van der Waals surface area (Å²) < 4.78 is 18.9. The van der Waals surface area contributed by atoms with Crippen molar-refractivity contribution in [2.24, 2.45) is 5.73 Å². The van der Waals surface area contributed by atoms with Gasteiger partial charge in [0.05, 0.1) is 0 Å². The molecule has 2 rings (SSSR count). The number of rotatable bonds is 4. The van der Waals surface area contributed by atoms with Crippen LogP contribution in [0.25, 0.3) is 0 Å². The second-order valence-electron chi connectivity index (χ2n) is 4.37. The summed E-state index contributed by atoms with van der Waals surface area (Å²) in [5.74, 6) is 0.309. The minimum absolute atomic E-state index is 0.149. The van der Waals surface area contributed by atoms with Crippen molar-refractivity contribution in [2.75, 3.05) is 0 Å². The Hall–Kier alpha value is -1.65. The minimum atomic E-state index is -0.376. The molecule has 2 N–H and O–H groups in total. The average Bonchev–Trinajstić information content (AvgIpc) is 2.41. The molecule has 0 saturated heterocycles. The number of nitrogens with two attached hydrogens (primary N) is 1. The summed E-state index contributed by atoms with van der Waals surface area (Å²) in [6, 6.07) is 9.67. The number of ether oxygens (including phenoxy) is 1. The van der Waals surface area contributed by atoms with E-state index in [4.69, 9.17) is 34.3 Å². The van der Waals surface area contributed by atoms with Crippen LogP contribution in [-0.4, -0.2) is 4.99 Å². The van der Waals surface area contributed by atoms with Gasteiger partial charge in [0.2, 0.25) is 0 Å². The Labute approximate surface area is 127 Å². The van der Waals surface area contributed by atoms with E-state index in [2.05, 4.69) is 0 Å². The Kier molecular flexibility index (Phi) is 4.57. The first kappa shape index (κ1) is 14.8. The van der Waals surface area contributed by atoms with E-state index in [0.717, 1.165) is 11.1 Å². The second-order valence-corrected chi connectivity index (χ2v) is 5.21. The van der Waals surface area contributed by atoms with Crippen molar-refractivity contribution in [3.63, 3.8) is 0 Å². The van der Waals surface area contributed by atoms with E-state index in [-0.39, 0.29) is 17.4 Å². The Morgan fingerprint density at radius 2 is 2.05 bits per heavy atom. The molecule has 0 fully saturated rings. The van der Waals surface area contributed by atoms with Crippen LogP contribution in [0.2, 0.25) is 5.02 Å². The third kappa shape index (κ3) is 3.46. The Morgan fingerprint density at radius 1 is 1.30 bits per heavy atom. The highest BCUT2D eigenvalue weighted by Crippen LogP contribution is 2.22. The van der Waals surface area contributed by atoms with Gasteiger partial charge in [-0.25, -0.2) is 4.39 Å². The van der Waals surface area contributed by atoms with E-state index in [1.807, 2.05) is 13.0 Å². The quantitative estimate of drug-likeness (QED) is 0.867. The van der Waals surface area contributed by atoms with Crippen LogP contribution in [-0.2, 0) is 6.61 Å². The summed E-state index contributed by atoms with van der Waals surface area (Å²) >= 11 is 10.9. The van der Waals surface area contributed by atoms with Crippen molar-refractivity contribution < 1.29 is 9.13 Å². The van der Waals surface area contributed by atoms with Crippen molar-refractivity contribution in [2.45, 2.75) is 13.5 Å². The fourth-order valence-electron chi connectivity index (χ4n) is 1.77. The highest BCUT2D eigenvalue weighted by molar-refractivity contribution is 7.80. The van der Waals surface area contributed by atoms with Crippen molar-refractivity contribution in [1.29, 1.82) is 0 Å². The molecule has 0 saturated carbocycles. The van der Waals surface area contributed by atoms with E-state index < -0.39 is 0 Å². The molecular formula is C15H13ClFNOS. The number of hydrogen-bond donors (Lipinski definition) is 1. The van der Waals surface area contributed by atoms with Gasteiger partial charge in [-0.15, -0.1) is 0 Å². The maximum Gasteiger partial charge on any atom is 0.123 e. The van der Waals surface area contributed by atoms with Gasteiger partial charge in [0, 0.05) is 10.6 Å². The van der Waals surface area contributed by atoms with Crippen molar-refractivity contribution in [3.05, 3.63) is 63.9 Å². The predicted molar refractivity (Wildman–Crippen MR) is 82.8 cm³/mol. The zero-order chi connectivity index (χ0) is 14.7. The molecule has 2 aromatic rings. The molecule has 104 valence electrons. The van der Waals surface area contributed by atoms with Crippen LogP contribution in [0.1, 0.15) is 16.7 Å². The molecule has 2 nitrogen and oxygen atoms in total. The number of thiocarbonyl (C=S) groups is 1. The first-order valence-electron chi connectivity index (χ1n) is 5.94. The molecular weight excluding hydrogens is 297 g/mol. The highest BCUT2D eigenvalue weighted by atomic mass is 35.5. The average molecular weight is 310 g/mol. The Morgan fingerprint density at radius 3 is 2.70 bits per heavy atom. The topological polar surface area (TPSA) is 35.2 Å². The van der Waals surface area contributed by atoms with Crippen LogP contribution in [0.5, 0.6) is 5.75 Å². The van der Waals surface area contributed by atoms with Gasteiger partial charge in [-0.3, -0.25) is 0 Å². The fourth-order valence-corrected chi connectivity index (χ4v) is 2.08. The van der Waals surface area contributed by atoms with E-state index in [9.17, 15) is 4.39 Å². The summed E-state index contributed by atoms with van der Waals surface area (Å²) in [4.78, 5) is 0.149. The van der Waals surface area contributed by atoms with Crippen LogP contribution in [0.4, 0.5) is 4.39 Å². The van der Waals surface area contributed by atoms with Gasteiger partial charge in [-0.2, -0.15) is 0 Å². The molecule has 0 aromatic heterocycles. The standard InChI is InChI=1S/C15H13ClFNOS/c1-9-6-12(4-5-14(9)16)19-8-10-2-3-11(17)7-13(10)15(18)20/h2-7H,8H2,1H3,(H2,18,20). The van der Waals surface area contributed by atoms with Crippen LogP contribution in [0, 0.1) is 12.7 Å². The Balaban J connectivity index is 2.18. The number of aryl methyl sites for hydroxylation is 1. The number of hydrogen-bond acceptors (Lipinski definition) is 2. The normalized spacial score (nSPS) is 10.3. The molecule has 0 bridgehead atoms. The Bertz CT molecular complexity index is 660. The third-order valence-electron chi connectivity index (χ3n) is 2.86. The second kappa shape index (κ2) is 6.20. The number of halogens is 2. The first-order valence-corrected chi connectivity index (χ1v) is 6.73. The molecule has 0 aliphatic heterocycles. The maximum absolute atomic E-state index is 13.2. The largest absolute Gasteiger partial charge is 0.489 e. The lowest BCUT2D eigenvalue weighted by Gasteiger charge is -2.11. The van der Waals surface area contributed by atoms with Crippen LogP contribution >= 0.6 is 23.8 Å². The van der Waals surface area contributed by atoms with E-state index in [1.165, 1.54) is 12.1 Å². The van der Waals surface area contributed by atoms with E-state index >= 15 is 0 Å².